The molecule has 3 heteroatoms. The Kier molecular flexibility index (Phi) is 4.13. The van der Waals surface area contributed by atoms with Crippen LogP contribution in [0.5, 0.6) is 0 Å². The van der Waals surface area contributed by atoms with Crippen molar-refractivity contribution in [1.82, 2.24) is 10.3 Å². The molecular formula is C14H20N2O. The van der Waals surface area contributed by atoms with Crippen LogP contribution in [0, 0.1) is 5.92 Å². The SMILES string of the molecule is C[C@@H](NC(=O)C1CCCCC1)c1cccnc1. The molecule has 1 atom stereocenters. The summed E-state index contributed by atoms with van der Waals surface area (Å²) in [5.74, 6) is 0.434. The van der Waals surface area contributed by atoms with Crippen LogP contribution in [-0.4, -0.2) is 10.9 Å². The first-order valence-corrected chi connectivity index (χ1v) is 6.47. The van der Waals surface area contributed by atoms with Crippen molar-refractivity contribution in [2.75, 3.05) is 0 Å². The van der Waals surface area contributed by atoms with Gasteiger partial charge in [0.1, 0.15) is 0 Å². The molecule has 1 aliphatic carbocycles. The van der Waals surface area contributed by atoms with Gasteiger partial charge in [0.2, 0.25) is 5.91 Å². The maximum absolute atomic E-state index is 12.1. The van der Waals surface area contributed by atoms with Gasteiger partial charge in [-0.3, -0.25) is 9.78 Å². The van der Waals surface area contributed by atoms with E-state index in [1.54, 1.807) is 6.20 Å². The smallest absolute Gasteiger partial charge is 0.223 e. The second-order valence-corrected chi connectivity index (χ2v) is 4.85. The van der Waals surface area contributed by atoms with Gasteiger partial charge in [-0.15, -0.1) is 0 Å². The number of carbonyl (C=O) groups excluding carboxylic acids is 1. The van der Waals surface area contributed by atoms with Crippen LogP contribution in [0.25, 0.3) is 0 Å². The molecule has 1 saturated carbocycles. The second-order valence-electron chi connectivity index (χ2n) is 4.85. The van der Waals surface area contributed by atoms with E-state index in [0.29, 0.717) is 0 Å². The lowest BCUT2D eigenvalue weighted by Gasteiger charge is -2.23. The van der Waals surface area contributed by atoms with Crippen molar-refractivity contribution in [1.29, 1.82) is 0 Å². The van der Waals surface area contributed by atoms with Crippen molar-refractivity contribution in [3.8, 4) is 0 Å². The van der Waals surface area contributed by atoms with Gasteiger partial charge < -0.3 is 5.32 Å². The van der Waals surface area contributed by atoms with Crippen LogP contribution >= 0.6 is 0 Å². The minimum atomic E-state index is 0.0538. The summed E-state index contributed by atoms with van der Waals surface area (Å²) in [5, 5.41) is 3.09. The number of rotatable bonds is 3. The summed E-state index contributed by atoms with van der Waals surface area (Å²) >= 11 is 0. The Morgan fingerprint density at radius 3 is 2.82 bits per heavy atom. The fourth-order valence-corrected chi connectivity index (χ4v) is 2.41. The lowest BCUT2D eigenvalue weighted by molar-refractivity contribution is -0.126. The third kappa shape index (κ3) is 3.29. The highest BCUT2D eigenvalue weighted by molar-refractivity contribution is 5.79. The highest BCUT2D eigenvalue weighted by Crippen LogP contribution is 2.24. The number of nitrogens with one attached hydrogen (secondary N) is 1. The zero-order chi connectivity index (χ0) is 12.1. The molecule has 17 heavy (non-hydrogen) atoms. The average Bonchev–Trinajstić information content (AvgIpc) is 2.40. The predicted octanol–water partition coefficient (Wildman–Crippen LogP) is 2.84. The largest absolute Gasteiger partial charge is 0.349 e. The van der Waals surface area contributed by atoms with E-state index in [4.69, 9.17) is 0 Å². The lowest BCUT2D eigenvalue weighted by Crippen LogP contribution is -2.33. The van der Waals surface area contributed by atoms with Gasteiger partial charge in [0.25, 0.3) is 0 Å². The van der Waals surface area contributed by atoms with Crippen molar-refractivity contribution in [3.63, 3.8) is 0 Å². The van der Waals surface area contributed by atoms with Gasteiger partial charge in [0.05, 0.1) is 6.04 Å². The van der Waals surface area contributed by atoms with Gasteiger partial charge in [-0.1, -0.05) is 25.3 Å². The van der Waals surface area contributed by atoms with Crippen molar-refractivity contribution in [2.45, 2.75) is 45.1 Å². The monoisotopic (exact) mass is 232 g/mol. The molecule has 0 bridgehead atoms. The minimum Gasteiger partial charge on any atom is -0.349 e. The Bertz CT molecular complexity index is 358. The fraction of sp³-hybridized carbons (Fsp3) is 0.571. The van der Waals surface area contributed by atoms with Crippen LogP contribution in [0.4, 0.5) is 0 Å². The number of amides is 1. The molecule has 0 aliphatic heterocycles. The van der Waals surface area contributed by atoms with Crippen LogP contribution in [0.2, 0.25) is 0 Å². The van der Waals surface area contributed by atoms with Crippen molar-refractivity contribution in [3.05, 3.63) is 30.1 Å². The van der Waals surface area contributed by atoms with Crippen LogP contribution in [0.3, 0.4) is 0 Å². The maximum atomic E-state index is 12.1. The van der Waals surface area contributed by atoms with E-state index in [0.717, 1.165) is 18.4 Å². The maximum Gasteiger partial charge on any atom is 0.223 e. The Morgan fingerprint density at radius 1 is 1.41 bits per heavy atom. The molecule has 0 saturated heterocycles. The number of aromatic nitrogens is 1. The summed E-state index contributed by atoms with van der Waals surface area (Å²) in [6.45, 7) is 2.01. The van der Waals surface area contributed by atoms with E-state index in [-0.39, 0.29) is 17.9 Å². The molecular weight excluding hydrogens is 212 g/mol. The van der Waals surface area contributed by atoms with Gasteiger partial charge in [0, 0.05) is 18.3 Å². The zero-order valence-corrected chi connectivity index (χ0v) is 10.4. The Morgan fingerprint density at radius 2 is 2.18 bits per heavy atom. The summed E-state index contributed by atoms with van der Waals surface area (Å²) in [5.41, 5.74) is 1.07. The Hall–Kier alpha value is -1.38. The van der Waals surface area contributed by atoms with E-state index in [1.165, 1.54) is 19.3 Å². The van der Waals surface area contributed by atoms with Gasteiger partial charge in [-0.05, 0) is 31.4 Å². The molecule has 1 aromatic rings. The van der Waals surface area contributed by atoms with E-state index >= 15 is 0 Å². The normalized spacial score (nSPS) is 18.6. The molecule has 1 aliphatic rings. The topological polar surface area (TPSA) is 42.0 Å². The molecule has 2 rings (SSSR count). The molecule has 1 fully saturated rings. The third-order valence-electron chi connectivity index (χ3n) is 3.52. The predicted molar refractivity (Wildman–Crippen MR) is 67.4 cm³/mol. The second kappa shape index (κ2) is 5.80. The van der Waals surface area contributed by atoms with E-state index in [2.05, 4.69) is 10.3 Å². The molecule has 1 aromatic heterocycles. The molecule has 92 valence electrons. The molecule has 0 unspecified atom stereocenters. The quantitative estimate of drug-likeness (QED) is 0.870. The highest BCUT2D eigenvalue weighted by atomic mass is 16.1. The van der Waals surface area contributed by atoms with Gasteiger partial charge >= 0.3 is 0 Å². The summed E-state index contributed by atoms with van der Waals surface area (Å²) in [6.07, 6.45) is 9.32. The summed E-state index contributed by atoms with van der Waals surface area (Å²) in [6, 6.07) is 3.95. The lowest BCUT2D eigenvalue weighted by atomic mass is 9.88. The molecule has 0 spiro atoms. The molecule has 1 heterocycles. The first-order valence-electron chi connectivity index (χ1n) is 6.47. The standard InChI is InChI=1S/C14H20N2O/c1-11(13-8-5-9-15-10-13)16-14(17)12-6-3-2-4-7-12/h5,8-12H,2-4,6-7H2,1H3,(H,16,17)/t11-/m1/s1. The van der Waals surface area contributed by atoms with Gasteiger partial charge in [-0.25, -0.2) is 0 Å². The summed E-state index contributed by atoms with van der Waals surface area (Å²) < 4.78 is 0. The number of nitrogens with zero attached hydrogens (tertiary/aromatic N) is 1. The molecule has 1 amide bonds. The molecule has 0 radical (unpaired) electrons. The summed E-state index contributed by atoms with van der Waals surface area (Å²) in [7, 11) is 0. The summed E-state index contributed by atoms with van der Waals surface area (Å²) in [4.78, 5) is 16.1. The van der Waals surface area contributed by atoms with Gasteiger partial charge in [-0.2, -0.15) is 0 Å². The van der Waals surface area contributed by atoms with Crippen molar-refractivity contribution in [2.24, 2.45) is 5.92 Å². The van der Waals surface area contributed by atoms with Crippen LogP contribution in [0.1, 0.15) is 50.6 Å². The Balaban J connectivity index is 1.89. The molecule has 1 N–H and O–H groups in total. The number of pyridine rings is 1. The number of hydrogen-bond acceptors (Lipinski definition) is 2. The number of carbonyl (C=O) groups is 1. The van der Waals surface area contributed by atoms with E-state index in [1.807, 2.05) is 25.3 Å². The van der Waals surface area contributed by atoms with Crippen LogP contribution < -0.4 is 5.32 Å². The minimum absolute atomic E-state index is 0.0538. The Labute approximate surface area is 103 Å². The average molecular weight is 232 g/mol. The third-order valence-corrected chi connectivity index (χ3v) is 3.52. The first kappa shape index (κ1) is 12.1. The highest BCUT2D eigenvalue weighted by Gasteiger charge is 2.22. The molecule has 0 aromatic carbocycles. The number of hydrogen-bond donors (Lipinski definition) is 1. The first-order chi connectivity index (χ1) is 8.27. The zero-order valence-electron chi connectivity index (χ0n) is 10.4. The van der Waals surface area contributed by atoms with Crippen LogP contribution in [0.15, 0.2) is 24.5 Å². The van der Waals surface area contributed by atoms with Gasteiger partial charge in [0.15, 0.2) is 0 Å². The fourth-order valence-electron chi connectivity index (χ4n) is 2.41. The molecule has 3 nitrogen and oxygen atoms in total. The van der Waals surface area contributed by atoms with Crippen molar-refractivity contribution >= 4 is 5.91 Å². The van der Waals surface area contributed by atoms with E-state index < -0.39 is 0 Å². The van der Waals surface area contributed by atoms with E-state index in [9.17, 15) is 4.79 Å². The van der Waals surface area contributed by atoms with Crippen molar-refractivity contribution < 1.29 is 4.79 Å². The van der Waals surface area contributed by atoms with Crippen LogP contribution in [-0.2, 0) is 4.79 Å².